The van der Waals surface area contributed by atoms with E-state index in [1.165, 1.54) is 0 Å². The molecule has 1 atom stereocenters. The van der Waals surface area contributed by atoms with Crippen molar-refractivity contribution in [3.05, 3.63) is 70.8 Å². The van der Waals surface area contributed by atoms with Gasteiger partial charge < -0.3 is 14.7 Å². The minimum Gasteiger partial charge on any atom is -0.481 e. The maximum absolute atomic E-state index is 13.6. The Morgan fingerprint density at radius 2 is 1.62 bits per heavy atom. The van der Waals surface area contributed by atoms with Gasteiger partial charge in [0.1, 0.15) is 0 Å². The standard InChI is InChI=1S/C26H25NO5/c28-21(29)15-24(9-10-24)17-5-7-18(8-6-17)25(11-12-25)23(31)27-14-13-26(16-27)20-4-2-1-3-19(20)22(30)32-26/h1-8H,9-16H2,(H,28,29)/t26-/m0/s1. The van der Waals surface area contributed by atoms with Crippen molar-refractivity contribution in [1.29, 1.82) is 0 Å². The maximum Gasteiger partial charge on any atom is 0.339 e. The molecule has 6 heteroatoms. The van der Waals surface area contributed by atoms with Crippen LogP contribution in [0.25, 0.3) is 0 Å². The Labute approximate surface area is 186 Å². The summed E-state index contributed by atoms with van der Waals surface area (Å²) in [5.74, 6) is -0.964. The fourth-order valence-corrected chi connectivity index (χ4v) is 5.81. The van der Waals surface area contributed by atoms with Crippen molar-refractivity contribution < 1.29 is 24.2 Å². The smallest absolute Gasteiger partial charge is 0.339 e. The molecule has 0 radical (unpaired) electrons. The van der Waals surface area contributed by atoms with Gasteiger partial charge >= 0.3 is 11.9 Å². The van der Waals surface area contributed by atoms with Crippen LogP contribution in [0.2, 0.25) is 0 Å². The molecule has 0 unspecified atom stereocenters. The van der Waals surface area contributed by atoms with Gasteiger partial charge in [-0.3, -0.25) is 9.59 Å². The molecule has 0 aromatic heterocycles. The highest BCUT2D eigenvalue weighted by molar-refractivity contribution is 5.96. The lowest BCUT2D eigenvalue weighted by Crippen LogP contribution is -2.40. The van der Waals surface area contributed by atoms with E-state index in [0.717, 1.165) is 42.4 Å². The number of aliphatic carboxylic acids is 1. The summed E-state index contributed by atoms with van der Waals surface area (Å²) >= 11 is 0. The number of carboxylic acid groups (broad SMARTS) is 1. The Hall–Kier alpha value is -3.15. The number of carbonyl (C=O) groups is 3. The lowest BCUT2D eigenvalue weighted by Gasteiger charge is -2.27. The van der Waals surface area contributed by atoms with Gasteiger partial charge in [0.2, 0.25) is 5.91 Å². The molecule has 6 nitrogen and oxygen atoms in total. The third-order valence-electron chi connectivity index (χ3n) is 8.00. The van der Waals surface area contributed by atoms with Crippen LogP contribution in [0, 0.1) is 0 Å². The molecule has 164 valence electrons. The number of benzene rings is 2. The quantitative estimate of drug-likeness (QED) is 0.733. The molecule has 2 aliphatic heterocycles. The first-order valence-electron chi connectivity index (χ1n) is 11.3. The van der Waals surface area contributed by atoms with E-state index in [-0.39, 0.29) is 23.7 Å². The van der Waals surface area contributed by atoms with E-state index in [2.05, 4.69) is 0 Å². The topological polar surface area (TPSA) is 83.9 Å². The SMILES string of the molecule is O=C(O)CC1(c2ccc(C3(C(=O)N4CC[C@@]5(C4)OC(=O)c4ccccc45)CC3)cc2)CC1. The number of rotatable bonds is 5. The predicted octanol–water partition coefficient (Wildman–Crippen LogP) is 3.52. The summed E-state index contributed by atoms with van der Waals surface area (Å²) in [6, 6.07) is 15.5. The first kappa shape index (κ1) is 19.5. The number of carboxylic acids is 1. The van der Waals surface area contributed by atoms with E-state index in [1.54, 1.807) is 6.07 Å². The van der Waals surface area contributed by atoms with E-state index < -0.39 is 17.0 Å². The van der Waals surface area contributed by atoms with Crippen LogP contribution >= 0.6 is 0 Å². The molecule has 1 spiro atoms. The lowest BCUT2D eigenvalue weighted by atomic mass is 9.88. The van der Waals surface area contributed by atoms with Crippen LogP contribution in [0.5, 0.6) is 0 Å². The number of amides is 1. The van der Waals surface area contributed by atoms with Crippen LogP contribution < -0.4 is 0 Å². The van der Waals surface area contributed by atoms with Crippen molar-refractivity contribution in [1.82, 2.24) is 4.90 Å². The molecular formula is C26H25NO5. The molecule has 0 bridgehead atoms. The first-order valence-corrected chi connectivity index (χ1v) is 11.3. The van der Waals surface area contributed by atoms with Crippen LogP contribution in [0.4, 0.5) is 0 Å². The normalized spacial score (nSPS) is 26.0. The number of ether oxygens (including phenoxy) is 1. The zero-order valence-corrected chi connectivity index (χ0v) is 17.8. The zero-order chi connectivity index (χ0) is 22.1. The van der Waals surface area contributed by atoms with E-state index in [4.69, 9.17) is 4.74 Å². The third kappa shape index (κ3) is 2.74. The highest BCUT2D eigenvalue weighted by atomic mass is 16.6. The van der Waals surface area contributed by atoms with Crippen LogP contribution in [0.1, 0.15) is 65.6 Å². The Kier molecular flexibility index (Phi) is 3.93. The summed E-state index contributed by atoms with van der Waals surface area (Å²) in [5.41, 5.74) is 2.10. The number of nitrogens with zero attached hydrogens (tertiary/aromatic N) is 1. The molecule has 1 saturated heterocycles. The molecule has 3 fully saturated rings. The Balaban J connectivity index is 1.22. The summed E-state index contributed by atoms with van der Waals surface area (Å²) < 4.78 is 5.81. The highest BCUT2D eigenvalue weighted by Crippen LogP contribution is 2.54. The number of hydrogen-bond donors (Lipinski definition) is 1. The van der Waals surface area contributed by atoms with E-state index in [9.17, 15) is 19.5 Å². The molecule has 2 saturated carbocycles. The molecule has 1 N–H and O–H groups in total. The molecule has 1 amide bonds. The average Bonchev–Trinajstić information content (AvgIpc) is 3.70. The maximum atomic E-state index is 13.6. The first-order chi connectivity index (χ1) is 15.4. The van der Waals surface area contributed by atoms with Crippen molar-refractivity contribution in [3.63, 3.8) is 0 Å². The van der Waals surface area contributed by atoms with E-state index >= 15 is 0 Å². The largest absolute Gasteiger partial charge is 0.481 e. The van der Waals surface area contributed by atoms with Crippen LogP contribution in [0.3, 0.4) is 0 Å². The van der Waals surface area contributed by atoms with Crippen molar-refractivity contribution in [2.75, 3.05) is 13.1 Å². The monoisotopic (exact) mass is 431 g/mol. The average molecular weight is 431 g/mol. The minimum atomic E-state index is -0.766. The second kappa shape index (κ2) is 6.44. The highest BCUT2D eigenvalue weighted by Gasteiger charge is 2.58. The van der Waals surface area contributed by atoms with Gasteiger partial charge in [0.05, 0.1) is 23.9 Å². The predicted molar refractivity (Wildman–Crippen MR) is 115 cm³/mol. The molecule has 4 aliphatic rings. The van der Waals surface area contributed by atoms with Gasteiger partial charge in [0.15, 0.2) is 5.60 Å². The number of likely N-dealkylation sites (tertiary alicyclic amines) is 1. The van der Waals surface area contributed by atoms with Crippen LogP contribution in [0.15, 0.2) is 48.5 Å². The molecular weight excluding hydrogens is 406 g/mol. The number of carbonyl (C=O) groups excluding carboxylic acids is 2. The Morgan fingerprint density at radius 3 is 2.28 bits per heavy atom. The van der Waals surface area contributed by atoms with Gasteiger partial charge in [0.25, 0.3) is 0 Å². The van der Waals surface area contributed by atoms with Crippen LogP contribution in [-0.2, 0) is 30.8 Å². The third-order valence-corrected chi connectivity index (χ3v) is 8.00. The lowest BCUT2D eigenvalue weighted by molar-refractivity contribution is -0.137. The summed E-state index contributed by atoms with van der Waals surface area (Å²) in [6.07, 6.45) is 4.20. The molecule has 32 heavy (non-hydrogen) atoms. The van der Waals surface area contributed by atoms with Gasteiger partial charge in [-0.1, -0.05) is 42.5 Å². The van der Waals surface area contributed by atoms with Gasteiger partial charge in [-0.15, -0.1) is 0 Å². The molecule has 2 aromatic carbocycles. The number of fused-ring (bicyclic) bond motifs is 2. The summed E-state index contributed by atoms with van der Waals surface area (Å²) in [4.78, 5) is 39.1. The fraction of sp³-hybridized carbons (Fsp3) is 0.423. The van der Waals surface area contributed by atoms with Crippen molar-refractivity contribution in [2.45, 2.75) is 55.0 Å². The zero-order valence-electron chi connectivity index (χ0n) is 17.8. The van der Waals surface area contributed by atoms with Crippen molar-refractivity contribution in [2.24, 2.45) is 0 Å². The summed E-state index contributed by atoms with van der Waals surface area (Å²) in [7, 11) is 0. The second-order valence-electron chi connectivity index (χ2n) is 9.92. The number of hydrogen-bond acceptors (Lipinski definition) is 4. The minimum absolute atomic E-state index is 0.106. The van der Waals surface area contributed by atoms with E-state index in [0.29, 0.717) is 25.1 Å². The molecule has 2 aromatic rings. The van der Waals surface area contributed by atoms with E-state index in [1.807, 2.05) is 47.4 Å². The molecule has 2 aliphatic carbocycles. The summed E-state index contributed by atoms with van der Waals surface area (Å²) in [5, 5.41) is 9.22. The van der Waals surface area contributed by atoms with Crippen molar-refractivity contribution in [3.8, 4) is 0 Å². The van der Waals surface area contributed by atoms with Gasteiger partial charge in [-0.2, -0.15) is 0 Å². The van der Waals surface area contributed by atoms with Crippen LogP contribution in [-0.4, -0.2) is 40.9 Å². The van der Waals surface area contributed by atoms with Gasteiger partial charge in [0, 0.05) is 23.9 Å². The second-order valence-corrected chi connectivity index (χ2v) is 9.92. The van der Waals surface area contributed by atoms with Gasteiger partial charge in [-0.05, 0) is 42.9 Å². The van der Waals surface area contributed by atoms with Gasteiger partial charge in [-0.25, -0.2) is 4.79 Å². The number of esters is 1. The fourth-order valence-electron chi connectivity index (χ4n) is 5.81. The summed E-state index contributed by atoms with van der Waals surface area (Å²) in [6.45, 7) is 0.970. The van der Waals surface area contributed by atoms with Crippen molar-refractivity contribution >= 4 is 17.8 Å². The molecule has 2 heterocycles. The Bertz CT molecular complexity index is 1150. The molecule has 6 rings (SSSR count). The Morgan fingerprint density at radius 1 is 0.938 bits per heavy atom.